The highest BCUT2D eigenvalue weighted by Gasteiger charge is 2.53. The minimum Gasteiger partial charge on any atom is -0.508 e. The highest BCUT2D eigenvalue weighted by Crippen LogP contribution is 2.54. The van der Waals surface area contributed by atoms with Gasteiger partial charge in [-0.15, -0.1) is 0 Å². The summed E-state index contributed by atoms with van der Waals surface area (Å²) in [7, 11) is -5.19. The van der Waals surface area contributed by atoms with Crippen LogP contribution in [0.2, 0.25) is 20.1 Å². The van der Waals surface area contributed by atoms with Crippen LogP contribution in [0.1, 0.15) is 16.7 Å². The third kappa shape index (κ3) is 3.54. The molecule has 3 rings (SSSR count). The average Bonchev–Trinajstić information content (AvgIpc) is 2.61. The van der Waals surface area contributed by atoms with Crippen LogP contribution in [-0.4, -0.2) is 23.2 Å². The molecule has 3 aromatic rings. The Bertz CT molecular complexity index is 1190. The first-order valence-corrected chi connectivity index (χ1v) is 10.9. The van der Waals surface area contributed by atoms with Crippen molar-refractivity contribution in [2.45, 2.75) is 4.75 Å². The molecule has 0 fully saturated rings. The summed E-state index contributed by atoms with van der Waals surface area (Å²) < 4.78 is 34.0. The highest BCUT2D eigenvalue weighted by molar-refractivity contribution is 7.87. The number of hydrogen-bond acceptors (Lipinski definition) is 4. The maximum atomic E-state index is 13.0. The molecule has 0 amide bonds. The Hall–Kier alpha value is -1.67. The Morgan fingerprint density at radius 3 is 1.90 bits per heavy atom. The smallest absolute Gasteiger partial charge is 0.283 e. The quantitative estimate of drug-likeness (QED) is 0.311. The predicted molar refractivity (Wildman–Crippen MR) is 114 cm³/mol. The van der Waals surface area contributed by atoms with Crippen molar-refractivity contribution >= 4 is 56.5 Å². The van der Waals surface area contributed by atoms with Gasteiger partial charge >= 0.3 is 0 Å². The van der Waals surface area contributed by atoms with Gasteiger partial charge in [-0.05, 0) is 24.3 Å². The molecule has 0 heterocycles. The van der Waals surface area contributed by atoms with Crippen molar-refractivity contribution in [3.8, 4) is 11.5 Å². The standard InChI is InChI=1S/C19H12Cl4O5S/c20-13-5-3-6-14(21)17(13)19(29(26,27)28,11-4-1-2-7-16(11)25)12-8-10(24)9-15(22)18(12)23/h1-9,24-25H,(H,26,27,28). The van der Waals surface area contributed by atoms with E-state index < -0.39 is 26.4 Å². The molecule has 0 aromatic heterocycles. The molecule has 29 heavy (non-hydrogen) atoms. The molecule has 5 nitrogen and oxygen atoms in total. The van der Waals surface area contributed by atoms with Crippen molar-refractivity contribution in [3.63, 3.8) is 0 Å². The second-order valence-corrected chi connectivity index (χ2v) is 9.22. The zero-order valence-corrected chi connectivity index (χ0v) is 18.1. The van der Waals surface area contributed by atoms with Crippen LogP contribution in [0.5, 0.6) is 11.5 Å². The van der Waals surface area contributed by atoms with Gasteiger partial charge in [0.1, 0.15) is 11.5 Å². The van der Waals surface area contributed by atoms with E-state index in [0.29, 0.717) is 0 Å². The van der Waals surface area contributed by atoms with Crippen LogP contribution in [0.15, 0.2) is 54.6 Å². The van der Waals surface area contributed by atoms with Crippen molar-refractivity contribution in [3.05, 3.63) is 91.4 Å². The topological polar surface area (TPSA) is 94.8 Å². The molecular weight excluding hydrogens is 482 g/mol. The lowest BCUT2D eigenvalue weighted by atomic mass is 9.83. The SMILES string of the molecule is O=S(=O)(O)C(c1ccccc1O)(c1cc(O)cc(Cl)c1Cl)c1c(Cl)cccc1Cl. The van der Waals surface area contributed by atoms with E-state index in [0.717, 1.165) is 12.1 Å². The second-order valence-electron chi connectivity index (χ2n) is 6.06. The molecule has 0 saturated heterocycles. The van der Waals surface area contributed by atoms with Gasteiger partial charge in [0.15, 0.2) is 4.75 Å². The number of aromatic hydroxyl groups is 2. The number of benzene rings is 3. The third-order valence-corrected chi connectivity index (χ3v) is 7.23. The fourth-order valence-corrected chi connectivity index (χ4v) is 5.94. The van der Waals surface area contributed by atoms with Crippen molar-refractivity contribution in [2.75, 3.05) is 0 Å². The summed E-state index contributed by atoms with van der Waals surface area (Å²) in [5, 5.41) is 19.9. The molecule has 1 unspecified atom stereocenters. The summed E-state index contributed by atoms with van der Waals surface area (Å²) in [4.78, 5) is 0. The van der Waals surface area contributed by atoms with Crippen LogP contribution in [0.3, 0.4) is 0 Å². The molecule has 0 bridgehead atoms. The lowest BCUT2D eigenvalue weighted by Gasteiger charge is -2.35. The van der Waals surface area contributed by atoms with Crippen LogP contribution >= 0.6 is 46.4 Å². The van der Waals surface area contributed by atoms with E-state index in [4.69, 9.17) is 46.4 Å². The van der Waals surface area contributed by atoms with E-state index in [2.05, 4.69) is 0 Å². The Kier molecular flexibility index (Phi) is 5.98. The number of phenols is 2. The van der Waals surface area contributed by atoms with Crippen LogP contribution in [-0.2, 0) is 14.9 Å². The van der Waals surface area contributed by atoms with Crippen LogP contribution < -0.4 is 0 Å². The van der Waals surface area contributed by atoms with Gasteiger partial charge in [-0.2, -0.15) is 8.42 Å². The van der Waals surface area contributed by atoms with E-state index in [1.807, 2.05) is 0 Å². The zero-order valence-electron chi connectivity index (χ0n) is 14.3. The second kappa shape index (κ2) is 7.87. The van der Waals surface area contributed by atoms with E-state index in [-0.39, 0.29) is 36.8 Å². The first kappa shape index (κ1) is 22.0. The molecular formula is C19H12Cl4O5S. The molecule has 0 saturated carbocycles. The average molecular weight is 494 g/mol. The van der Waals surface area contributed by atoms with Crippen LogP contribution in [0.4, 0.5) is 0 Å². The Morgan fingerprint density at radius 2 is 1.34 bits per heavy atom. The van der Waals surface area contributed by atoms with Crippen LogP contribution in [0.25, 0.3) is 0 Å². The number of hydrogen-bond donors (Lipinski definition) is 3. The van der Waals surface area contributed by atoms with Crippen LogP contribution in [0, 0.1) is 0 Å². The largest absolute Gasteiger partial charge is 0.508 e. The van der Waals surface area contributed by atoms with Crippen molar-refractivity contribution in [1.82, 2.24) is 0 Å². The summed E-state index contributed by atoms with van der Waals surface area (Å²) in [5.41, 5.74) is -0.903. The van der Waals surface area contributed by atoms with Crippen molar-refractivity contribution in [1.29, 1.82) is 0 Å². The molecule has 152 valence electrons. The Balaban J connectivity index is 2.71. The van der Waals surface area contributed by atoms with Gasteiger partial charge in [0.05, 0.1) is 10.0 Å². The molecule has 0 spiro atoms. The molecule has 10 heteroatoms. The molecule has 0 radical (unpaired) electrons. The number of halogens is 4. The third-order valence-electron chi connectivity index (χ3n) is 4.38. The summed E-state index contributed by atoms with van der Waals surface area (Å²) in [6.07, 6.45) is 0. The Labute approximate surface area is 186 Å². The first-order chi connectivity index (χ1) is 13.5. The Morgan fingerprint density at radius 1 is 0.759 bits per heavy atom. The maximum Gasteiger partial charge on any atom is 0.283 e. The monoisotopic (exact) mass is 492 g/mol. The van der Waals surface area contributed by atoms with Gasteiger partial charge in [-0.3, -0.25) is 4.55 Å². The number of phenolic OH excluding ortho intramolecular Hbond substituents is 2. The first-order valence-electron chi connectivity index (χ1n) is 7.90. The van der Waals surface area contributed by atoms with Gasteiger partial charge in [-0.1, -0.05) is 70.7 Å². The van der Waals surface area contributed by atoms with E-state index >= 15 is 0 Å². The van der Waals surface area contributed by atoms with E-state index in [1.165, 1.54) is 42.5 Å². The van der Waals surface area contributed by atoms with Gasteiger partial charge in [0.2, 0.25) is 0 Å². The van der Waals surface area contributed by atoms with E-state index in [9.17, 15) is 23.2 Å². The lowest BCUT2D eigenvalue weighted by molar-refractivity contribution is 0.439. The molecule has 3 aromatic carbocycles. The molecule has 0 aliphatic heterocycles. The van der Waals surface area contributed by atoms with Crippen molar-refractivity contribution in [2.24, 2.45) is 0 Å². The summed E-state index contributed by atoms with van der Waals surface area (Å²) >= 11 is 25.0. The highest BCUT2D eigenvalue weighted by atomic mass is 35.5. The lowest BCUT2D eigenvalue weighted by Crippen LogP contribution is -2.39. The summed E-state index contributed by atoms with van der Waals surface area (Å²) in [6, 6.07) is 11.7. The minimum atomic E-state index is -5.19. The minimum absolute atomic E-state index is 0.131. The van der Waals surface area contributed by atoms with E-state index in [1.54, 1.807) is 0 Å². The predicted octanol–water partition coefficient (Wildman–Crippen LogP) is 5.89. The normalized spacial score (nSPS) is 13.8. The maximum absolute atomic E-state index is 13.0. The van der Waals surface area contributed by atoms with Gasteiger partial charge in [-0.25, -0.2) is 0 Å². The fourth-order valence-electron chi connectivity index (χ4n) is 3.26. The molecule has 0 aliphatic carbocycles. The summed E-state index contributed by atoms with van der Waals surface area (Å²) in [5.74, 6) is -0.919. The molecule has 1 atom stereocenters. The van der Waals surface area contributed by atoms with Crippen molar-refractivity contribution < 1.29 is 23.2 Å². The molecule has 3 N–H and O–H groups in total. The number of para-hydroxylation sites is 1. The fraction of sp³-hybridized carbons (Fsp3) is 0.0526. The number of rotatable bonds is 4. The van der Waals surface area contributed by atoms with Gasteiger partial charge in [0, 0.05) is 32.8 Å². The summed E-state index contributed by atoms with van der Waals surface area (Å²) in [6.45, 7) is 0. The molecule has 0 aliphatic rings. The van der Waals surface area contributed by atoms with Gasteiger partial charge in [0.25, 0.3) is 10.1 Å². The van der Waals surface area contributed by atoms with Gasteiger partial charge < -0.3 is 10.2 Å². The zero-order chi connectivity index (χ0) is 21.6.